The molecule has 108 valence electrons. The lowest BCUT2D eigenvalue weighted by atomic mass is 10.1. The first kappa shape index (κ1) is 14.4. The number of aryl methyl sites for hydroxylation is 1. The van der Waals surface area contributed by atoms with Gasteiger partial charge in [-0.05, 0) is 26.3 Å². The standard InChI is InChI=1S/C15H20N2O3/c1-10(18)7-8-16-15(19)17-9-14-11(2)12-5-3-4-6-13(12)20-14/h3-6,10,18H,7-9H2,1-2H3,(H2,16,17,19). The van der Waals surface area contributed by atoms with Crippen LogP contribution < -0.4 is 10.6 Å². The van der Waals surface area contributed by atoms with Crippen molar-refractivity contribution in [3.05, 3.63) is 35.6 Å². The van der Waals surface area contributed by atoms with Crippen LogP contribution in [0.1, 0.15) is 24.7 Å². The molecule has 0 bridgehead atoms. The number of urea groups is 1. The molecule has 0 radical (unpaired) electrons. The molecule has 1 unspecified atom stereocenters. The van der Waals surface area contributed by atoms with E-state index in [4.69, 9.17) is 9.52 Å². The van der Waals surface area contributed by atoms with Gasteiger partial charge in [0.1, 0.15) is 11.3 Å². The van der Waals surface area contributed by atoms with Gasteiger partial charge in [-0.3, -0.25) is 0 Å². The van der Waals surface area contributed by atoms with Crippen molar-refractivity contribution in [2.75, 3.05) is 6.54 Å². The molecule has 0 spiro atoms. The third kappa shape index (κ3) is 3.51. The van der Waals surface area contributed by atoms with E-state index in [0.717, 1.165) is 22.3 Å². The van der Waals surface area contributed by atoms with E-state index >= 15 is 0 Å². The van der Waals surface area contributed by atoms with Crippen molar-refractivity contribution in [1.82, 2.24) is 10.6 Å². The zero-order valence-corrected chi connectivity index (χ0v) is 11.8. The molecule has 0 aliphatic carbocycles. The van der Waals surface area contributed by atoms with Crippen molar-refractivity contribution in [2.45, 2.75) is 32.9 Å². The molecule has 0 fully saturated rings. The molecule has 1 heterocycles. The van der Waals surface area contributed by atoms with E-state index in [9.17, 15) is 4.79 Å². The monoisotopic (exact) mass is 276 g/mol. The number of fused-ring (bicyclic) bond motifs is 1. The van der Waals surface area contributed by atoms with Crippen molar-refractivity contribution in [3.8, 4) is 0 Å². The minimum absolute atomic E-state index is 0.259. The first-order valence-corrected chi connectivity index (χ1v) is 6.74. The smallest absolute Gasteiger partial charge is 0.315 e. The third-order valence-corrected chi connectivity index (χ3v) is 3.20. The summed E-state index contributed by atoms with van der Waals surface area (Å²) >= 11 is 0. The SMILES string of the molecule is Cc1c(CNC(=O)NCCC(C)O)oc2ccccc12. The van der Waals surface area contributed by atoms with Crippen molar-refractivity contribution < 1.29 is 14.3 Å². The molecule has 5 heteroatoms. The summed E-state index contributed by atoms with van der Waals surface area (Å²) in [5.74, 6) is 0.761. The minimum Gasteiger partial charge on any atom is -0.459 e. The van der Waals surface area contributed by atoms with E-state index in [0.29, 0.717) is 19.5 Å². The first-order chi connectivity index (χ1) is 9.58. The van der Waals surface area contributed by atoms with Gasteiger partial charge in [0.05, 0.1) is 12.6 Å². The summed E-state index contributed by atoms with van der Waals surface area (Å²) in [6.45, 7) is 4.47. The normalized spacial score (nSPS) is 12.3. The molecule has 0 saturated carbocycles. The third-order valence-electron chi connectivity index (χ3n) is 3.20. The van der Waals surface area contributed by atoms with E-state index in [1.54, 1.807) is 6.92 Å². The van der Waals surface area contributed by atoms with Gasteiger partial charge in [0.25, 0.3) is 0 Å². The van der Waals surface area contributed by atoms with Crippen molar-refractivity contribution in [3.63, 3.8) is 0 Å². The number of hydrogen-bond acceptors (Lipinski definition) is 3. The quantitative estimate of drug-likeness (QED) is 0.784. The molecule has 0 aliphatic heterocycles. The number of benzene rings is 1. The minimum atomic E-state index is -0.409. The maximum absolute atomic E-state index is 11.6. The first-order valence-electron chi connectivity index (χ1n) is 6.74. The highest BCUT2D eigenvalue weighted by atomic mass is 16.3. The maximum Gasteiger partial charge on any atom is 0.315 e. The fraction of sp³-hybridized carbons (Fsp3) is 0.400. The summed E-state index contributed by atoms with van der Waals surface area (Å²) in [5, 5.41) is 15.6. The lowest BCUT2D eigenvalue weighted by Crippen LogP contribution is -2.36. The molecule has 2 rings (SSSR count). The molecule has 0 aliphatic rings. The Labute approximate surface area is 118 Å². The Morgan fingerprint density at radius 1 is 1.35 bits per heavy atom. The summed E-state index contributed by atoms with van der Waals surface area (Å²) in [5.41, 5.74) is 1.88. The van der Waals surface area contributed by atoms with Crippen LogP contribution in [0.3, 0.4) is 0 Å². The summed E-state index contributed by atoms with van der Waals surface area (Å²) < 4.78 is 5.71. The van der Waals surface area contributed by atoms with Gasteiger partial charge in [0.15, 0.2) is 0 Å². The number of carbonyl (C=O) groups excluding carboxylic acids is 1. The zero-order valence-electron chi connectivity index (χ0n) is 11.8. The molecule has 2 aromatic rings. The topological polar surface area (TPSA) is 74.5 Å². The number of rotatable bonds is 5. The molecule has 1 aromatic carbocycles. The van der Waals surface area contributed by atoms with Gasteiger partial charge in [0, 0.05) is 17.5 Å². The van der Waals surface area contributed by atoms with Gasteiger partial charge in [-0.1, -0.05) is 18.2 Å². The molecular weight excluding hydrogens is 256 g/mol. The Balaban J connectivity index is 1.89. The fourth-order valence-electron chi connectivity index (χ4n) is 2.01. The Bertz CT molecular complexity index is 590. The van der Waals surface area contributed by atoms with Gasteiger partial charge in [0.2, 0.25) is 0 Å². The lowest BCUT2D eigenvalue weighted by molar-refractivity contribution is 0.183. The highest BCUT2D eigenvalue weighted by molar-refractivity contribution is 5.82. The highest BCUT2D eigenvalue weighted by Crippen LogP contribution is 2.24. The van der Waals surface area contributed by atoms with Crippen molar-refractivity contribution in [2.24, 2.45) is 0 Å². The molecular formula is C15H20N2O3. The fourth-order valence-corrected chi connectivity index (χ4v) is 2.01. The van der Waals surface area contributed by atoms with Crippen molar-refractivity contribution in [1.29, 1.82) is 0 Å². The van der Waals surface area contributed by atoms with Crippen LogP contribution in [0, 0.1) is 6.92 Å². The van der Waals surface area contributed by atoms with E-state index < -0.39 is 6.10 Å². The van der Waals surface area contributed by atoms with Gasteiger partial charge in [-0.15, -0.1) is 0 Å². The average molecular weight is 276 g/mol. The summed E-state index contributed by atoms with van der Waals surface area (Å²) in [6.07, 6.45) is 0.129. The van der Waals surface area contributed by atoms with Crippen LogP contribution in [0.15, 0.2) is 28.7 Å². The number of nitrogens with one attached hydrogen (secondary N) is 2. The summed E-state index contributed by atoms with van der Waals surface area (Å²) in [7, 11) is 0. The number of furan rings is 1. The number of amides is 2. The molecule has 0 saturated heterocycles. The molecule has 1 aromatic heterocycles. The van der Waals surface area contributed by atoms with E-state index in [1.165, 1.54) is 0 Å². The second-order valence-electron chi connectivity index (χ2n) is 4.89. The largest absolute Gasteiger partial charge is 0.459 e. The number of carbonyl (C=O) groups is 1. The zero-order chi connectivity index (χ0) is 14.5. The van der Waals surface area contributed by atoms with Gasteiger partial charge < -0.3 is 20.2 Å². The Morgan fingerprint density at radius 2 is 2.10 bits per heavy atom. The number of aliphatic hydroxyl groups is 1. The molecule has 1 atom stereocenters. The van der Waals surface area contributed by atoms with E-state index in [2.05, 4.69) is 10.6 Å². The van der Waals surface area contributed by atoms with E-state index in [-0.39, 0.29) is 6.03 Å². The number of para-hydroxylation sites is 1. The predicted octanol–water partition coefficient (Wildman–Crippen LogP) is 2.31. The summed E-state index contributed by atoms with van der Waals surface area (Å²) in [4.78, 5) is 11.6. The highest BCUT2D eigenvalue weighted by Gasteiger charge is 2.10. The maximum atomic E-state index is 11.6. The molecule has 2 amide bonds. The summed E-state index contributed by atoms with van der Waals surface area (Å²) in [6, 6.07) is 7.54. The molecule has 5 nitrogen and oxygen atoms in total. The Hall–Kier alpha value is -2.01. The van der Waals surface area contributed by atoms with Crippen LogP contribution in [0.4, 0.5) is 4.79 Å². The van der Waals surface area contributed by atoms with Crippen molar-refractivity contribution >= 4 is 17.0 Å². The van der Waals surface area contributed by atoms with Crippen LogP contribution >= 0.6 is 0 Å². The molecule has 20 heavy (non-hydrogen) atoms. The Kier molecular flexibility index (Phi) is 4.63. The molecule has 3 N–H and O–H groups in total. The van der Waals surface area contributed by atoms with Gasteiger partial charge in [-0.2, -0.15) is 0 Å². The predicted molar refractivity (Wildman–Crippen MR) is 77.5 cm³/mol. The Morgan fingerprint density at radius 3 is 2.80 bits per heavy atom. The lowest BCUT2D eigenvalue weighted by Gasteiger charge is -2.07. The van der Waals surface area contributed by atoms with Crippen LogP contribution in [0.2, 0.25) is 0 Å². The second kappa shape index (κ2) is 6.43. The van der Waals surface area contributed by atoms with Gasteiger partial charge in [-0.25, -0.2) is 4.79 Å². The second-order valence-corrected chi connectivity index (χ2v) is 4.89. The average Bonchev–Trinajstić information content (AvgIpc) is 2.73. The van der Waals surface area contributed by atoms with Crippen LogP contribution in [0.5, 0.6) is 0 Å². The van der Waals surface area contributed by atoms with Crippen LogP contribution in [0.25, 0.3) is 11.0 Å². The van der Waals surface area contributed by atoms with Crippen LogP contribution in [-0.4, -0.2) is 23.8 Å². The van der Waals surface area contributed by atoms with E-state index in [1.807, 2.05) is 31.2 Å². The van der Waals surface area contributed by atoms with Gasteiger partial charge >= 0.3 is 6.03 Å². The number of hydrogen-bond donors (Lipinski definition) is 3. The number of aliphatic hydroxyl groups excluding tert-OH is 1. The van der Waals surface area contributed by atoms with Crippen LogP contribution in [-0.2, 0) is 6.54 Å².